The number of urea groups is 1. The van der Waals surface area contributed by atoms with Gasteiger partial charge in [0.25, 0.3) is 5.91 Å². The van der Waals surface area contributed by atoms with Crippen molar-refractivity contribution in [2.24, 2.45) is 0 Å². The summed E-state index contributed by atoms with van der Waals surface area (Å²) < 4.78 is 0. The van der Waals surface area contributed by atoms with Gasteiger partial charge in [-0.2, -0.15) is 0 Å². The quantitative estimate of drug-likeness (QED) is 0.837. The second-order valence-electron chi connectivity index (χ2n) is 6.14. The maximum Gasteiger partial charge on any atom is 0.332 e. The summed E-state index contributed by atoms with van der Waals surface area (Å²) in [7, 11) is 0. The van der Waals surface area contributed by atoms with Crippen molar-refractivity contribution in [2.45, 2.75) is 19.9 Å². The van der Waals surface area contributed by atoms with Gasteiger partial charge in [-0.05, 0) is 50.2 Å². The Hall–Kier alpha value is -2.86. The molecular formula is C19H18ClN3O3. The van der Waals surface area contributed by atoms with Crippen molar-refractivity contribution in [3.05, 3.63) is 59.1 Å². The zero-order valence-corrected chi connectivity index (χ0v) is 15.2. The molecule has 0 aliphatic carbocycles. The molecule has 0 aromatic heterocycles. The Labute approximate surface area is 156 Å². The zero-order chi connectivity index (χ0) is 18.8. The lowest BCUT2D eigenvalue weighted by Crippen LogP contribution is -2.39. The number of hydrogen-bond acceptors (Lipinski definition) is 3. The average molecular weight is 372 g/mol. The van der Waals surface area contributed by atoms with Gasteiger partial charge in [-0.15, -0.1) is 0 Å². The topological polar surface area (TPSA) is 69.7 Å². The van der Waals surface area contributed by atoms with Gasteiger partial charge >= 0.3 is 6.03 Å². The number of nitrogens with zero attached hydrogens (tertiary/aromatic N) is 2. The molecule has 0 radical (unpaired) electrons. The minimum absolute atomic E-state index is 0.340. The van der Waals surface area contributed by atoms with E-state index in [0.29, 0.717) is 16.4 Å². The highest BCUT2D eigenvalue weighted by molar-refractivity contribution is 6.30. The summed E-state index contributed by atoms with van der Waals surface area (Å²) in [6, 6.07) is 12.7. The molecule has 3 rings (SSSR count). The molecule has 26 heavy (non-hydrogen) atoms. The fourth-order valence-electron chi connectivity index (χ4n) is 2.79. The number of rotatable bonds is 4. The van der Waals surface area contributed by atoms with Crippen LogP contribution < -0.4 is 10.2 Å². The summed E-state index contributed by atoms with van der Waals surface area (Å²) >= 11 is 5.81. The van der Waals surface area contributed by atoms with Crippen LogP contribution in [0, 0.1) is 6.92 Å². The Morgan fingerprint density at radius 1 is 1.08 bits per heavy atom. The van der Waals surface area contributed by atoms with Crippen molar-refractivity contribution in [1.29, 1.82) is 0 Å². The lowest BCUT2D eigenvalue weighted by Gasteiger charge is -2.19. The van der Waals surface area contributed by atoms with Gasteiger partial charge < -0.3 is 5.32 Å². The predicted molar refractivity (Wildman–Crippen MR) is 100 cm³/mol. The van der Waals surface area contributed by atoms with Crippen LogP contribution in [0.1, 0.15) is 12.5 Å². The maximum absolute atomic E-state index is 12.7. The van der Waals surface area contributed by atoms with Gasteiger partial charge in [-0.1, -0.05) is 29.3 Å². The molecule has 1 saturated heterocycles. The molecule has 4 amide bonds. The van der Waals surface area contributed by atoms with E-state index < -0.39 is 23.9 Å². The van der Waals surface area contributed by atoms with Crippen molar-refractivity contribution >= 4 is 40.8 Å². The third-order valence-corrected chi connectivity index (χ3v) is 4.44. The highest BCUT2D eigenvalue weighted by atomic mass is 35.5. The Morgan fingerprint density at radius 3 is 2.31 bits per heavy atom. The number of benzene rings is 2. The van der Waals surface area contributed by atoms with Gasteiger partial charge in [-0.25, -0.2) is 4.79 Å². The van der Waals surface area contributed by atoms with Gasteiger partial charge in [0.05, 0.1) is 0 Å². The Balaban J connectivity index is 1.72. The second-order valence-corrected chi connectivity index (χ2v) is 6.58. The highest BCUT2D eigenvalue weighted by Gasteiger charge is 2.43. The lowest BCUT2D eigenvalue weighted by atomic mass is 10.2. The number of amides is 4. The number of nitrogens with one attached hydrogen (secondary N) is 1. The number of halogens is 1. The SMILES string of the molecule is Cc1ccc(N2C(=O)N(CC(=O)Nc3ccc(Cl)cc3)C(=O)[C@@H]2C)cc1. The van der Waals surface area contributed by atoms with Crippen LogP contribution in [0.5, 0.6) is 0 Å². The molecule has 2 aromatic rings. The Kier molecular flexibility index (Phi) is 4.95. The fraction of sp³-hybridized carbons (Fsp3) is 0.211. The largest absolute Gasteiger partial charge is 0.332 e. The number of carbonyl (C=O) groups is 3. The minimum Gasteiger partial charge on any atom is -0.325 e. The molecule has 134 valence electrons. The molecule has 6 nitrogen and oxygen atoms in total. The summed E-state index contributed by atoms with van der Waals surface area (Å²) in [5, 5.41) is 3.20. The van der Waals surface area contributed by atoms with Crippen LogP contribution in [-0.2, 0) is 9.59 Å². The van der Waals surface area contributed by atoms with Crippen molar-refractivity contribution in [3.63, 3.8) is 0 Å². The zero-order valence-electron chi connectivity index (χ0n) is 14.4. The summed E-state index contributed by atoms with van der Waals surface area (Å²) in [5.41, 5.74) is 2.22. The van der Waals surface area contributed by atoms with Gasteiger partial charge in [0.1, 0.15) is 12.6 Å². The molecule has 2 aromatic carbocycles. The fourth-order valence-corrected chi connectivity index (χ4v) is 2.91. The van der Waals surface area contributed by atoms with E-state index in [2.05, 4.69) is 5.32 Å². The van der Waals surface area contributed by atoms with E-state index in [1.54, 1.807) is 43.3 Å². The van der Waals surface area contributed by atoms with E-state index in [0.717, 1.165) is 10.5 Å². The third kappa shape index (κ3) is 3.55. The van der Waals surface area contributed by atoms with E-state index >= 15 is 0 Å². The summed E-state index contributed by atoms with van der Waals surface area (Å²) in [6.07, 6.45) is 0. The number of aryl methyl sites for hydroxylation is 1. The van der Waals surface area contributed by atoms with E-state index in [9.17, 15) is 14.4 Å². The van der Waals surface area contributed by atoms with Crippen LogP contribution in [-0.4, -0.2) is 35.3 Å². The van der Waals surface area contributed by atoms with Crippen LogP contribution in [0.15, 0.2) is 48.5 Å². The molecule has 1 N–H and O–H groups in total. The number of anilines is 2. The first-order valence-corrected chi connectivity index (χ1v) is 8.51. The van der Waals surface area contributed by atoms with Crippen LogP contribution in [0.25, 0.3) is 0 Å². The normalized spacial score (nSPS) is 17.0. The van der Waals surface area contributed by atoms with Gasteiger partial charge in [0.2, 0.25) is 5.91 Å². The van der Waals surface area contributed by atoms with Crippen molar-refractivity contribution in [2.75, 3.05) is 16.8 Å². The predicted octanol–water partition coefficient (Wildman–Crippen LogP) is 3.44. The maximum atomic E-state index is 12.7. The highest BCUT2D eigenvalue weighted by Crippen LogP contribution is 2.26. The van der Waals surface area contributed by atoms with Crippen molar-refractivity contribution in [1.82, 2.24) is 4.90 Å². The Morgan fingerprint density at radius 2 is 1.69 bits per heavy atom. The standard InChI is InChI=1S/C19H18ClN3O3/c1-12-3-9-16(10-4-12)23-13(2)18(25)22(19(23)26)11-17(24)21-15-7-5-14(20)6-8-15/h3-10,13H,11H2,1-2H3,(H,21,24)/t13-/m0/s1. The number of hydrogen-bond donors (Lipinski definition) is 1. The molecule has 7 heteroatoms. The van der Waals surface area contributed by atoms with Crippen LogP contribution in [0.4, 0.5) is 16.2 Å². The smallest absolute Gasteiger partial charge is 0.325 e. The molecule has 0 bridgehead atoms. The molecular weight excluding hydrogens is 354 g/mol. The van der Waals surface area contributed by atoms with Gasteiger partial charge in [0, 0.05) is 16.4 Å². The molecule has 0 spiro atoms. The van der Waals surface area contributed by atoms with E-state index in [1.165, 1.54) is 4.90 Å². The molecule has 1 fully saturated rings. The first kappa shape index (κ1) is 17.9. The Bertz CT molecular complexity index is 849. The summed E-state index contributed by atoms with van der Waals surface area (Å²) in [5.74, 6) is -0.853. The van der Waals surface area contributed by atoms with Gasteiger partial charge in [0.15, 0.2) is 0 Å². The van der Waals surface area contributed by atoms with Crippen LogP contribution in [0.3, 0.4) is 0 Å². The van der Waals surface area contributed by atoms with Gasteiger partial charge in [-0.3, -0.25) is 19.4 Å². The molecule has 1 heterocycles. The minimum atomic E-state index is -0.659. The van der Waals surface area contributed by atoms with Crippen LogP contribution in [0.2, 0.25) is 5.02 Å². The second kappa shape index (κ2) is 7.17. The lowest BCUT2D eigenvalue weighted by molar-refractivity contribution is -0.130. The first-order valence-electron chi connectivity index (χ1n) is 8.13. The van der Waals surface area contributed by atoms with E-state index in [4.69, 9.17) is 11.6 Å². The van der Waals surface area contributed by atoms with Crippen molar-refractivity contribution in [3.8, 4) is 0 Å². The summed E-state index contributed by atoms with van der Waals surface area (Å²) in [4.78, 5) is 39.7. The third-order valence-electron chi connectivity index (χ3n) is 4.19. The average Bonchev–Trinajstić information content (AvgIpc) is 2.82. The van der Waals surface area contributed by atoms with E-state index in [1.807, 2.05) is 19.1 Å². The molecule has 0 saturated carbocycles. The van der Waals surface area contributed by atoms with Crippen molar-refractivity contribution < 1.29 is 14.4 Å². The van der Waals surface area contributed by atoms with Crippen LogP contribution >= 0.6 is 11.6 Å². The molecule has 1 aliphatic heterocycles. The molecule has 1 atom stereocenters. The molecule has 0 unspecified atom stereocenters. The molecule has 1 aliphatic rings. The van der Waals surface area contributed by atoms with E-state index in [-0.39, 0.29) is 6.54 Å². The first-order chi connectivity index (χ1) is 12.4. The monoisotopic (exact) mass is 371 g/mol. The number of carbonyl (C=O) groups excluding carboxylic acids is 3. The summed E-state index contributed by atoms with van der Waals surface area (Å²) in [6.45, 7) is 3.25. The number of imide groups is 1.